The quantitative estimate of drug-likeness (QED) is 0.770. The lowest BCUT2D eigenvalue weighted by Gasteiger charge is -2.37. The Balaban J connectivity index is 1.90. The second-order valence-electron chi connectivity index (χ2n) is 5.35. The molecule has 4 nitrogen and oxygen atoms in total. The van der Waals surface area contributed by atoms with Crippen molar-refractivity contribution in [3.63, 3.8) is 0 Å². The van der Waals surface area contributed by atoms with Gasteiger partial charge in [-0.25, -0.2) is 0 Å². The van der Waals surface area contributed by atoms with Crippen LogP contribution in [-0.2, 0) is 0 Å². The fraction of sp³-hybridized carbons (Fsp3) is 0.500. The highest BCUT2D eigenvalue weighted by molar-refractivity contribution is 6.35. The summed E-state index contributed by atoms with van der Waals surface area (Å²) in [6.07, 6.45) is 2.34. The molecule has 1 aromatic rings. The van der Waals surface area contributed by atoms with Crippen LogP contribution in [0.4, 0.5) is 11.4 Å². The highest BCUT2D eigenvalue weighted by atomic mass is 35.5. The Morgan fingerprint density at radius 2 is 2.26 bits per heavy atom. The van der Waals surface area contributed by atoms with E-state index >= 15 is 0 Å². The monoisotopic (exact) mass is 276 g/mol. The number of benzene rings is 1. The standard InChI is InChI=1S/C14H17ClN4/c15-14-11(17)5-9(7-16)6-13(14)19-4-2-12-10(8-19)1-3-18-12/h5-6,10,12,18H,1-4,8,17H2. The summed E-state index contributed by atoms with van der Waals surface area (Å²) in [5.41, 5.74) is 7.86. The molecule has 0 aromatic heterocycles. The fourth-order valence-corrected chi connectivity index (χ4v) is 3.42. The molecule has 2 aliphatic heterocycles. The number of hydrogen-bond acceptors (Lipinski definition) is 4. The van der Waals surface area contributed by atoms with Crippen molar-refractivity contribution < 1.29 is 0 Å². The van der Waals surface area contributed by atoms with E-state index in [4.69, 9.17) is 22.6 Å². The van der Waals surface area contributed by atoms with E-state index in [9.17, 15) is 0 Å². The van der Waals surface area contributed by atoms with Gasteiger partial charge in [-0.3, -0.25) is 0 Å². The zero-order chi connectivity index (χ0) is 13.4. The van der Waals surface area contributed by atoms with E-state index in [2.05, 4.69) is 16.3 Å². The van der Waals surface area contributed by atoms with Gasteiger partial charge in [0.15, 0.2) is 0 Å². The first-order valence-electron chi connectivity index (χ1n) is 6.66. The Morgan fingerprint density at radius 1 is 1.42 bits per heavy atom. The first kappa shape index (κ1) is 12.6. The topological polar surface area (TPSA) is 65.1 Å². The molecule has 2 heterocycles. The fourth-order valence-electron chi connectivity index (χ4n) is 3.19. The first-order chi connectivity index (χ1) is 9.19. The van der Waals surface area contributed by atoms with Gasteiger partial charge in [0.1, 0.15) is 0 Å². The summed E-state index contributed by atoms with van der Waals surface area (Å²) in [5, 5.41) is 13.2. The molecule has 2 aliphatic rings. The van der Waals surface area contributed by atoms with Crippen molar-refractivity contribution >= 4 is 23.0 Å². The van der Waals surface area contributed by atoms with Crippen LogP contribution in [0.2, 0.25) is 5.02 Å². The molecule has 2 atom stereocenters. The molecule has 3 N–H and O–H groups in total. The van der Waals surface area contributed by atoms with Crippen molar-refractivity contribution in [3.8, 4) is 6.07 Å². The number of nitrogens with two attached hydrogens (primary N) is 1. The van der Waals surface area contributed by atoms with Crippen molar-refractivity contribution in [1.82, 2.24) is 5.32 Å². The Labute approximate surface area is 118 Å². The Bertz CT molecular complexity index is 537. The van der Waals surface area contributed by atoms with Gasteiger partial charge >= 0.3 is 0 Å². The minimum atomic E-state index is 0.488. The molecule has 3 rings (SSSR count). The number of nitrogens with zero attached hydrogens (tertiary/aromatic N) is 2. The van der Waals surface area contributed by atoms with Crippen molar-refractivity contribution in [3.05, 3.63) is 22.7 Å². The number of halogens is 1. The molecule has 100 valence electrons. The van der Waals surface area contributed by atoms with E-state index in [1.807, 2.05) is 6.07 Å². The van der Waals surface area contributed by atoms with Crippen LogP contribution in [-0.4, -0.2) is 25.7 Å². The van der Waals surface area contributed by atoms with Gasteiger partial charge in [-0.1, -0.05) is 11.6 Å². The average molecular weight is 277 g/mol. The summed E-state index contributed by atoms with van der Waals surface area (Å²) < 4.78 is 0. The SMILES string of the molecule is N#Cc1cc(N)c(Cl)c(N2CCC3NCCC3C2)c1. The van der Waals surface area contributed by atoms with Crippen molar-refractivity contribution in [2.45, 2.75) is 18.9 Å². The summed E-state index contributed by atoms with van der Waals surface area (Å²) in [4.78, 5) is 2.27. The van der Waals surface area contributed by atoms with Crippen LogP contribution in [0.3, 0.4) is 0 Å². The summed E-state index contributed by atoms with van der Waals surface area (Å²) in [6, 6.07) is 6.27. The molecule has 2 fully saturated rings. The number of nitrogens with one attached hydrogen (secondary N) is 1. The van der Waals surface area contributed by atoms with Gasteiger partial charge in [0.05, 0.1) is 28.0 Å². The van der Waals surface area contributed by atoms with Crippen LogP contribution >= 0.6 is 11.6 Å². The van der Waals surface area contributed by atoms with Crippen molar-refractivity contribution in [1.29, 1.82) is 5.26 Å². The highest BCUT2D eigenvalue weighted by Gasteiger charge is 2.33. The van der Waals surface area contributed by atoms with Gasteiger partial charge in [0, 0.05) is 19.1 Å². The Morgan fingerprint density at radius 3 is 3.05 bits per heavy atom. The number of nitriles is 1. The second kappa shape index (κ2) is 4.92. The molecule has 5 heteroatoms. The van der Waals surface area contributed by atoms with Gasteiger partial charge in [0.2, 0.25) is 0 Å². The molecule has 2 unspecified atom stereocenters. The van der Waals surface area contributed by atoms with Crippen LogP contribution in [0.1, 0.15) is 18.4 Å². The van der Waals surface area contributed by atoms with Gasteiger partial charge in [0.25, 0.3) is 0 Å². The normalized spacial score (nSPS) is 26.0. The van der Waals surface area contributed by atoms with Crippen molar-refractivity contribution in [2.75, 3.05) is 30.3 Å². The van der Waals surface area contributed by atoms with Gasteiger partial charge in [-0.05, 0) is 37.4 Å². The van der Waals surface area contributed by atoms with Crippen LogP contribution in [0.25, 0.3) is 0 Å². The molecular formula is C14H17ClN4. The summed E-state index contributed by atoms with van der Waals surface area (Å²) in [6.45, 7) is 3.06. The third-order valence-corrected chi connectivity index (χ3v) is 4.62. The maximum atomic E-state index is 9.05. The predicted molar refractivity (Wildman–Crippen MR) is 77.3 cm³/mol. The number of piperidine rings is 1. The maximum Gasteiger partial charge on any atom is 0.0993 e. The molecule has 1 aromatic carbocycles. The number of nitrogen functional groups attached to an aromatic ring is 1. The zero-order valence-corrected chi connectivity index (χ0v) is 11.5. The lowest BCUT2D eigenvalue weighted by atomic mass is 9.93. The minimum Gasteiger partial charge on any atom is -0.397 e. The molecule has 0 bridgehead atoms. The first-order valence-corrected chi connectivity index (χ1v) is 7.04. The number of hydrogen-bond donors (Lipinski definition) is 2. The van der Waals surface area contributed by atoms with E-state index < -0.39 is 0 Å². The minimum absolute atomic E-state index is 0.488. The lowest BCUT2D eigenvalue weighted by molar-refractivity contribution is 0.376. The van der Waals surface area contributed by atoms with E-state index in [0.29, 0.717) is 28.2 Å². The zero-order valence-electron chi connectivity index (χ0n) is 10.7. The van der Waals surface area contributed by atoms with E-state index in [1.54, 1.807) is 6.07 Å². The van der Waals surface area contributed by atoms with Crippen molar-refractivity contribution in [2.24, 2.45) is 5.92 Å². The smallest absolute Gasteiger partial charge is 0.0993 e. The lowest BCUT2D eigenvalue weighted by Crippen LogP contribution is -2.44. The van der Waals surface area contributed by atoms with Gasteiger partial charge in [-0.15, -0.1) is 0 Å². The number of fused-ring (bicyclic) bond motifs is 1. The van der Waals surface area contributed by atoms with Crippen LogP contribution in [0, 0.1) is 17.2 Å². The molecule has 0 amide bonds. The molecule has 0 saturated carbocycles. The molecule has 19 heavy (non-hydrogen) atoms. The molecular weight excluding hydrogens is 260 g/mol. The predicted octanol–water partition coefficient (Wildman–Crippen LogP) is 1.98. The third-order valence-electron chi connectivity index (χ3n) is 4.21. The van der Waals surface area contributed by atoms with Crippen LogP contribution in [0.15, 0.2) is 12.1 Å². The Kier molecular flexibility index (Phi) is 3.26. The molecule has 0 spiro atoms. The maximum absolute atomic E-state index is 9.05. The summed E-state index contributed by atoms with van der Waals surface area (Å²) >= 11 is 6.31. The second-order valence-corrected chi connectivity index (χ2v) is 5.73. The van der Waals surface area contributed by atoms with Gasteiger partial charge in [-0.2, -0.15) is 5.26 Å². The van der Waals surface area contributed by atoms with E-state index in [-0.39, 0.29) is 0 Å². The average Bonchev–Trinajstić information content (AvgIpc) is 2.88. The van der Waals surface area contributed by atoms with E-state index in [0.717, 1.165) is 31.7 Å². The summed E-state index contributed by atoms with van der Waals surface area (Å²) in [7, 11) is 0. The Hall–Kier alpha value is -1.44. The van der Waals surface area contributed by atoms with Crippen LogP contribution in [0.5, 0.6) is 0 Å². The van der Waals surface area contributed by atoms with E-state index in [1.165, 1.54) is 6.42 Å². The third kappa shape index (κ3) is 2.24. The molecule has 0 aliphatic carbocycles. The molecule has 0 radical (unpaired) electrons. The van der Waals surface area contributed by atoms with Crippen LogP contribution < -0.4 is 16.0 Å². The summed E-state index contributed by atoms with van der Waals surface area (Å²) in [5.74, 6) is 0.678. The number of anilines is 2. The highest BCUT2D eigenvalue weighted by Crippen LogP contribution is 2.36. The molecule has 2 saturated heterocycles. The van der Waals surface area contributed by atoms with Gasteiger partial charge < -0.3 is 16.0 Å². The number of rotatable bonds is 1. The largest absolute Gasteiger partial charge is 0.397 e.